The Labute approximate surface area is 246 Å². The van der Waals surface area contributed by atoms with Gasteiger partial charge in [0, 0.05) is 17.7 Å². The van der Waals surface area contributed by atoms with E-state index in [-0.39, 0.29) is 11.1 Å². The smallest absolute Gasteiger partial charge is 0.238 e. The van der Waals surface area contributed by atoms with Crippen LogP contribution >= 0.6 is 0 Å². The summed E-state index contributed by atoms with van der Waals surface area (Å²) >= 11 is 0. The minimum Gasteiger partial charge on any atom is -0.508 e. The molecule has 11 N–H and O–H groups in total. The molecule has 3 heterocycles. The highest BCUT2D eigenvalue weighted by Gasteiger charge is 2.50. The van der Waals surface area contributed by atoms with E-state index in [4.69, 9.17) is 23.4 Å². The zero-order valence-corrected chi connectivity index (χ0v) is 22.7. The first-order valence-corrected chi connectivity index (χ1v) is 13.2. The molecular formula is C27H30O17. The molecule has 10 atom stereocenters. The number of benzene rings is 2. The topological polar surface area (TPSA) is 290 Å². The van der Waals surface area contributed by atoms with Gasteiger partial charge in [0.05, 0.1) is 12.7 Å². The Morgan fingerprint density at radius 2 is 1.48 bits per heavy atom. The number of phenolic OH excluding ortho intramolecular Hbond substituents is 4. The Morgan fingerprint density at radius 1 is 0.773 bits per heavy atom. The quantitative estimate of drug-likeness (QED) is 0.132. The lowest BCUT2D eigenvalue weighted by atomic mass is 9.97. The van der Waals surface area contributed by atoms with Gasteiger partial charge in [0.1, 0.15) is 65.2 Å². The summed E-state index contributed by atoms with van der Waals surface area (Å²) < 4.78 is 27.4. The van der Waals surface area contributed by atoms with Crippen LogP contribution < -0.4 is 10.2 Å². The minimum atomic E-state index is -1.91. The highest BCUT2D eigenvalue weighted by molar-refractivity contribution is 5.88. The molecule has 2 aliphatic rings. The molecule has 17 heteroatoms. The largest absolute Gasteiger partial charge is 0.508 e. The Kier molecular flexibility index (Phi) is 8.51. The van der Waals surface area contributed by atoms with Crippen LogP contribution in [-0.4, -0.2) is 124 Å². The van der Waals surface area contributed by atoms with Crippen molar-refractivity contribution in [2.45, 2.75) is 68.3 Å². The molecule has 0 aliphatic carbocycles. The second-order valence-electron chi connectivity index (χ2n) is 10.4. The van der Waals surface area contributed by atoms with Crippen molar-refractivity contribution < 1.29 is 79.5 Å². The van der Waals surface area contributed by atoms with E-state index in [2.05, 4.69) is 0 Å². The number of ether oxygens (including phenoxy) is 4. The Balaban J connectivity index is 1.46. The standard InChI is InChI=1S/C27H30O17/c1-7-16(32)25(44-26-22(38)20(36)18(34)14(6-28)43-26)23(39)27(40-7)42-13-3-8(2-11(31)17(13)33)24-21(37)19(35)15-10(30)4-9(29)5-12(15)41-24/h2-5,7,14,16,18,20,22-23,25-34,36-39H,6H2,1H3/t7-,14-,16-,18+,20+,22-,23+,25+,26?,27?/m1/s1. The van der Waals surface area contributed by atoms with E-state index in [0.717, 1.165) is 24.3 Å². The first-order valence-electron chi connectivity index (χ1n) is 13.2. The lowest BCUT2D eigenvalue weighted by molar-refractivity contribution is -0.350. The van der Waals surface area contributed by atoms with Crippen LogP contribution in [0.2, 0.25) is 0 Å². The van der Waals surface area contributed by atoms with Crippen LogP contribution in [0.25, 0.3) is 22.3 Å². The summed E-state index contributed by atoms with van der Waals surface area (Å²) in [6.45, 7) is 0.594. The number of aliphatic hydroxyl groups is 6. The molecule has 17 nitrogen and oxygen atoms in total. The molecule has 2 unspecified atom stereocenters. The molecule has 44 heavy (non-hydrogen) atoms. The van der Waals surface area contributed by atoms with Crippen molar-refractivity contribution >= 4 is 11.0 Å². The van der Waals surface area contributed by atoms with Crippen molar-refractivity contribution in [2.24, 2.45) is 0 Å². The number of rotatable bonds is 6. The van der Waals surface area contributed by atoms with E-state index in [0.29, 0.717) is 0 Å². The van der Waals surface area contributed by atoms with Gasteiger partial charge in [-0.05, 0) is 19.1 Å². The van der Waals surface area contributed by atoms with Crippen molar-refractivity contribution in [3.63, 3.8) is 0 Å². The molecule has 2 saturated heterocycles. The lowest BCUT2D eigenvalue weighted by Crippen LogP contribution is -2.64. The van der Waals surface area contributed by atoms with Gasteiger partial charge in [-0.2, -0.15) is 0 Å². The average Bonchev–Trinajstić information content (AvgIpc) is 2.97. The summed E-state index contributed by atoms with van der Waals surface area (Å²) in [6.07, 6.45) is -16.5. The van der Waals surface area contributed by atoms with Crippen LogP contribution in [0.3, 0.4) is 0 Å². The molecule has 0 saturated carbocycles. The fraction of sp³-hybridized carbons (Fsp3) is 0.444. The number of aliphatic hydroxyl groups excluding tert-OH is 6. The van der Waals surface area contributed by atoms with E-state index < -0.39 is 119 Å². The second-order valence-corrected chi connectivity index (χ2v) is 10.4. The van der Waals surface area contributed by atoms with Gasteiger partial charge < -0.3 is 79.5 Å². The third-order valence-corrected chi connectivity index (χ3v) is 7.42. The Bertz CT molecular complexity index is 1590. The van der Waals surface area contributed by atoms with Crippen LogP contribution in [0.15, 0.2) is 33.5 Å². The first-order chi connectivity index (χ1) is 20.7. The molecule has 0 bridgehead atoms. The molecule has 1 aromatic heterocycles. The van der Waals surface area contributed by atoms with Gasteiger partial charge in [-0.25, -0.2) is 0 Å². The molecule has 2 fully saturated rings. The lowest BCUT2D eigenvalue weighted by Gasteiger charge is -2.45. The first kappa shape index (κ1) is 31.5. The fourth-order valence-corrected chi connectivity index (χ4v) is 5.00. The molecule has 5 rings (SSSR count). The van der Waals surface area contributed by atoms with Gasteiger partial charge in [0.25, 0.3) is 0 Å². The number of hydrogen-bond acceptors (Lipinski definition) is 17. The molecule has 0 radical (unpaired) electrons. The number of fused-ring (bicyclic) bond motifs is 1. The normalized spacial score (nSPS) is 32.5. The predicted molar refractivity (Wildman–Crippen MR) is 142 cm³/mol. The summed E-state index contributed by atoms with van der Waals surface area (Å²) in [5.41, 5.74) is -1.67. The van der Waals surface area contributed by atoms with E-state index in [9.17, 15) is 61.0 Å². The molecular weight excluding hydrogens is 596 g/mol. The maximum Gasteiger partial charge on any atom is 0.238 e. The summed E-state index contributed by atoms with van der Waals surface area (Å²) in [4.78, 5) is 12.8. The van der Waals surface area contributed by atoms with Crippen LogP contribution in [0.5, 0.6) is 34.5 Å². The van der Waals surface area contributed by atoms with Crippen LogP contribution in [0.1, 0.15) is 6.92 Å². The maximum absolute atomic E-state index is 12.8. The predicted octanol–water partition coefficient (Wildman–Crippen LogP) is -1.98. The summed E-state index contributed by atoms with van der Waals surface area (Å²) in [5, 5.41) is 112. The number of phenols is 4. The number of aromatic hydroxyl groups is 5. The Morgan fingerprint density at radius 3 is 2.16 bits per heavy atom. The van der Waals surface area contributed by atoms with E-state index in [1.165, 1.54) is 6.92 Å². The van der Waals surface area contributed by atoms with Crippen molar-refractivity contribution in [1.29, 1.82) is 0 Å². The second kappa shape index (κ2) is 11.9. The van der Waals surface area contributed by atoms with Gasteiger partial charge in [-0.3, -0.25) is 4.79 Å². The van der Waals surface area contributed by atoms with Crippen molar-refractivity contribution in [3.8, 4) is 45.8 Å². The third kappa shape index (κ3) is 5.45. The summed E-state index contributed by atoms with van der Waals surface area (Å²) in [6, 6.07) is 3.73. The molecule has 3 aromatic rings. The SMILES string of the molecule is C[C@H]1OC(Oc2cc(-c3oc4cc(O)cc(O)c4c(=O)c3O)cc(O)c2O)[C@@H](O)[C@@H](OC2O[C@H](CO)[C@H](O)[C@H](O)[C@H]2O)[C@@H]1O. The van der Waals surface area contributed by atoms with Crippen molar-refractivity contribution in [2.75, 3.05) is 6.61 Å². The average molecular weight is 627 g/mol. The number of hydrogen-bond donors (Lipinski definition) is 11. The van der Waals surface area contributed by atoms with Gasteiger partial charge in [0.15, 0.2) is 23.5 Å². The van der Waals surface area contributed by atoms with Gasteiger partial charge in [-0.1, -0.05) is 0 Å². The van der Waals surface area contributed by atoms with Crippen LogP contribution in [-0.2, 0) is 14.2 Å². The highest BCUT2D eigenvalue weighted by atomic mass is 16.7. The van der Waals surface area contributed by atoms with Crippen molar-refractivity contribution in [1.82, 2.24) is 0 Å². The summed E-state index contributed by atoms with van der Waals surface area (Å²) in [7, 11) is 0. The zero-order chi connectivity index (χ0) is 32.2. The fourth-order valence-electron chi connectivity index (χ4n) is 5.00. The van der Waals surface area contributed by atoms with Gasteiger partial charge >= 0.3 is 0 Å². The van der Waals surface area contributed by atoms with E-state index in [1.54, 1.807) is 0 Å². The van der Waals surface area contributed by atoms with E-state index >= 15 is 0 Å². The van der Waals surface area contributed by atoms with Crippen LogP contribution in [0.4, 0.5) is 0 Å². The molecule has 2 aromatic carbocycles. The minimum absolute atomic E-state index is 0.248. The molecule has 0 spiro atoms. The van der Waals surface area contributed by atoms with Crippen molar-refractivity contribution in [3.05, 3.63) is 34.5 Å². The molecule has 2 aliphatic heterocycles. The van der Waals surface area contributed by atoms with Crippen LogP contribution in [0, 0.1) is 0 Å². The van der Waals surface area contributed by atoms with Gasteiger partial charge in [-0.15, -0.1) is 0 Å². The summed E-state index contributed by atoms with van der Waals surface area (Å²) in [5.74, 6) is -5.02. The van der Waals surface area contributed by atoms with E-state index in [1.807, 2.05) is 0 Å². The van der Waals surface area contributed by atoms with Gasteiger partial charge in [0.2, 0.25) is 23.2 Å². The maximum atomic E-state index is 12.8. The molecule has 240 valence electrons. The molecule has 0 amide bonds. The zero-order valence-electron chi connectivity index (χ0n) is 22.7. The highest BCUT2D eigenvalue weighted by Crippen LogP contribution is 2.44. The monoisotopic (exact) mass is 626 g/mol. The Hall–Kier alpha value is -3.91. The third-order valence-electron chi connectivity index (χ3n) is 7.42.